The van der Waals surface area contributed by atoms with E-state index in [0.29, 0.717) is 6.04 Å². The molecule has 0 radical (unpaired) electrons. The van der Waals surface area contributed by atoms with Crippen molar-refractivity contribution in [1.29, 1.82) is 0 Å². The van der Waals surface area contributed by atoms with Gasteiger partial charge < -0.3 is 5.32 Å². The summed E-state index contributed by atoms with van der Waals surface area (Å²) in [7, 11) is 2.00. The Morgan fingerprint density at radius 1 is 1.25 bits per heavy atom. The lowest BCUT2D eigenvalue weighted by Gasteiger charge is -2.20. The largest absolute Gasteiger partial charge is 0.309 e. The van der Waals surface area contributed by atoms with Gasteiger partial charge >= 0.3 is 0 Å². The third kappa shape index (κ3) is 3.45. The first-order valence-electron chi connectivity index (χ1n) is 7.40. The van der Waals surface area contributed by atoms with Crippen molar-refractivity contribution in [1.82, 2.24) is 20.1 Å². The molecule has 0 amide bonds. The molecule has 2 heterocycles. The van der Waals surface area contributed by atoms with E-state index in [1.54, 1.807) is 0 Å². The highest BCUT2D eigenvalue weighted by Gasteiger charge is 2.15. The average Bonchev–Trinajstić information content (AvgIpc) is 2.89. The maximum absolute atomic E-state index is 4.61. The minimum Gasteiger partial charge on any atom is -0.309 e. The van der Waals surface area contributed by atoms with Crippen LogP contribution in [-0.4, -0.2) is 21.3 Å². The molecule has 20 heavy (non-hydrogen) atoms. The Bertz CT molecular complexity index is 533. The van der Waals surface area contributed by atoms with Crippen molar-refractivity contribution in [3.63, 3.8) is 0 Å². The second-order valence-electron chi connectivity index (χ2n) is 5.00. The summed E-state index contributed by atoms with van der Waals surface area (Å²) in [6.45, 7) is 5.28. The molecule has 0 bridgehead atoms. The molecule has 2 aromatic rings. The second kappa shape index (κ2) is 7.20. The molecule has 108 valence electrons. The molecular formula is C16H24N4. The van der Waals surface area contributed by atoms with Crippen molar-refractivity contribution in [2.75, 3.05) is 6.54 Å². The van der Waals surface area contributed by atoms with E-state index < -0.39 is 0 Å². The molecule has 1 unspecified atom stereocenters. The smallest absolute Gasteiger partial charge is 0.0605 e. The molecule has 0 aliphatic rings. The number of hydrogen-bond donors (Lipinski definition) is 1. The molecule has 0 spiro atoms. The lowest BCUT2D eigenvalue weighted by Crippen LogP contribution is -2.24. The lowest BCUT2D eigenvalue weighted by molar-refractivity contribution is 0.492. The normalized spacial score (nSPS) is 12.6. The fourth-order valence-electron chi connectivity index (χ4n) is 2.58. The van der Waals surface area contributed by atoms with Crippen LogP contribution >= 0.6 is 0 Å². The number of nitrogens with one attached hydrogen (secondary N) is 1. The van der Waals surface area contributed by atoms with E-state index >= 15 is 0 Å². The zero-order chi connectivity index (χ0) is 14.4. The van der Waals surface area contributed by atoms with Crippen LogP contribution in [0.4, 0.5) is 0 Å². The van der Waals surface area contributed by atoms with Gasteiger partial charge in [0, 0.05) is 25.1 Å². The lowest BCUT2D eigenvalue weighted by atomic mass is 10.00. The number of pyridine rings is 1. The first kappa shape index (κ1) is 14.7. The first-order chi connectivity index (χ1) is 9.76. The number of hydrogen-bond acceptors (Lipinski definition) is 3. The third-order valence-corrected chi connectivity index (χ3v) is 3.70. The van der Waals surface area contributed by atoms with Gasteiger partial charge in [0.2, 0.25) is 0 Å². The molecular weight excluding hydrogens is 248 g/mol. The summed E-state index contributed by atoms with van der Waals surface area (Å²) in [4.78, 5) is 4.61. The summed E-state index contributed by atoms with van der Waals surface area (Å²) in [5.74, 6) is 0. The summed E-state index contributed by atoms with van der Waals surface area (Å²) in [5.41, 5.74) is 3.80. The van der Waals surface area contributed by atoms with Crippen LogP contribution in [0.1, 0.15) is 43.3 Å². The van der Waals surface area contributed by atoms with Crippen LogP contribution in [0, 0.1) is 0 Å². The van der Waals surface area contributed by atoms with E-state index in [1.807, 2.05) is 30.2 Å². The van der Waals surface area contributed by atoms with Gasteiger partial charge in [0.1, 0.15) is 0 Å². The van der Waals surface area contributed by atoms with E-state index in [2.05, 4.69) is 41.4 Å². The van der Waals surface area contributed by atoms with Gasteiger partial charge in [0.15, 0.2) is 0 Å². The monoisotopic (exact) mass is 272 g/mol. The van der Waals surface area contributed by atoms with Crippen LogP contribution in [0.3, 0.4) is 0 Å². The highest BCUT2D eigenvalue weighted by Crippen LogP contribution is 2.21. The number of aryl methyl sites for hydroxylation is 3. The Hall–Kier alpha value is -1.68. The van der Waals surface area contributed by atoms with Crippen LogP contribution in [0.2, 0.25) is 0 Å². The molecule has 0 saturated heterocycles. The average molecular weight is 272 g/mol. The molecule has 0 aliphatic carbocycles. The Labute approximate surface area is 121 Å². The zero-order valence-electron chi connectivity index (χ0n) is 12.6. The van der Waals surface area contributed by atoms with Gasteiger partial charge in [-0.1, -0.05) is 19.9 Å². The molecule has 0 aromatic carbocycles. The maximum Gasteiger partial charge on any atom is 0.0605 e. The van der Waals surface area contributed by atoms with E-state index in [9.17, 15) is 0 Å². The predicted molar refractivity (Wildman–Crippen MR) is 81.6 cm³/mol. The summed E-state index contributed by atoms with van der Waals surface area (Å²) < 4.78 is 1.95. The van der Waals surface area contributed by atoms with Gasteiger partial charge in [-0.05, 0) is 43.5 Å². The Kier molecular flexibility index (Phi) is 5.30. The Balaban J connectivity index is 2.12. The molecule has 2 aromatic heterocycles. The van der Waals surface area contributed by atoms with Crippen LogP contribution in [0.5, 0.6) is 0 Å². The Morgan fingerprint density at radius 2 is 2.10 bits per heavy atom. The van der Waals surface area contributed by atoms with Gasteiger partial charge in [0.25, 0.3) is 0 Å². The minimum absolute atomic E-state index is 0.311. The number of nitrogens with zero attached hydrogens (tertiary/aromatic N) is 3. The topological polar surface area (TPSA) is 42.7 Å². The van der Waals surface area contributed by atoms with Crippen molar-refractivity contribution in [2.45, 2.75) is 39.2 Å². The molecule has 2 rings (SSSR count). The minimum atomic E-state index is 0.311. The highest BCUT2D eigenvalue weighted by molar-refractivity contribution is 5.23. The standard InChI is InChI=1S/C16H24N4/c1-4-13-7-6-11-18-16(13)15(17-5-2)9-8-14-10-12-19-20(14)3/h6-7,10-12,15,17H,4-5,8-9H2,1-3H3. The number of aromatic nitrogens is 3. The molecule has 1 atom stereocenters. The number of rotatable bonds is 7. The molecule has 0 saturated carbocycles. The van der Waals surface area contributed by atoms with Crippen LogP contribution in [0.25, 0.3) is 0 Å². The molecule has 4 nitrogen and oxygen atoms in total. The van der Waals surface area contributed by atoms with Crippen molar-refractivity contribution in [3.05, 3.63) is 47.5 Å². The second-order valence-corrected chi connectivity index (χ2v) is 5.00. The fourth-order valence-corrected chi connectivity index (χ4v) is 2.58. The summed E-state index contributed by atoms with van der Waals surface area (Å²) in [5, 5.41) is 7.79. The fraction of sp³-hybridized carbons (Fsp3) is 0.500. The molecule has 0 fully saturated rings. The van der Waals surface area contributed by atoms with E-state index in [-0.39, 0.29) is 0 Å². The van der Waals surface area contributed by atoms with E-state index in [0.717, 1.165) is 25.8 Å². The molecule has 0 aliphatic heterocycles. The summed E-state index contributed by atoms with van der Waals surface area (Å²) in [6, 6.07) is 6.59. The van der Waals surface area contributed by atoms with Gasteiger partial charge in [-0.15, -0.1) is 0 Å². The van der Waals surface area contributed by atoms with Crippen molar-refractivity contribution in [3.8, 4) is 0 Å². The highest BCUT2D eigenvalue weighted by atomic mass is 15.2. The quantitative estimate of drug-likeness (QED) is 0.842. The van der Waals surface area contributed by atoms with Crippen LogP contribution < -0.4 is 5.32 Å². The van der Waals surface area contributed by atoms with E-state index in [1.165, 1.54) is 17.0 Å². The Morgan fingerprint density at radius 3 is 2.75 bits per heavy atom. The summed E-state index contributed by atoms with van der Waals surface area (Å²) >= 11 is 0. The van der Waals surface area contributed by atoms with Crippen molar-refractivity contribution < 1.29 is 0 Å². The first-order valence-corrected chi connectivity index (χ1v) is 7.40. The van der Waals surface area contributed by atoms with Crippen LogP contribution in [0.15, 0.2) is 30.6 Å². The molecule has 1 N–H and O–H groups in total. The van der Waals surface area contributed by atoms with Crippen molar-refractivity contribution >= 4 is 0 Å². The van der Waals surface area contributed by atoms with Crippen LogP contribution in [-0.2, 0) is 19.9 Å². The van der Waals surface area contributed by atoms with Gasteiger partial charge in [-0.3, -0.25) is 9.67 Å². The predicted octanol–water partition coefficient (Wildman–Crippen LogP) is 2.66. The summed E-state index contributed by atoms with van der Waals surface area (Å²) in [6.07, 6.45) is 6.82. The SMILES string of the molecule is CCNC(CCc1ccnn1C)c1ncccc1CC. The van der Waals surface area contributed by atoms with Gasteiger partial charge in [0.05, 0.1) is 11.7 Å². The van der Waals surface area contributed by atoms with Gasteiger partial charge in [-0.25, -0.2) is 0 Å². The van der Waals surface area contributed by atoms with Crippen molar-refractivity contribution in [2.24, 2.45) is 7.05 Å². The third-order valence-electron chi connectivity index (χ3n) is 3.70. The molecule has 4 heteroatoms. The van der Waals surface area contributed by atoms with Gasteiger partial charge in [-0.2, -0.15) is 5.10 Å². The van der Waals surface area contributed by atoms with E-state index in [4.69, 9.17) is 0 Å². The zero-order valence-corrected chi connectivity index (χ0v) is 12.6. The maximum atomic E-state index is 4.61.